The normalized spacial score (nSPS) is 18.0. The minimum atomic E-state index is -0.601. The van der Waals surface area contributed by atoms with Crippen molar-refractivity contribution in [2.75, 3.05) is 13.1 Å². The molecule has 1 aliphatic heterocycles. The van der Waals surface area contributed by atoms with Crippen LogP contribution in [0.2, 0.25) is 0 Å². The van der Waals surface area contributed by atoms with Gasteiger partial charge in [0.2, 0.25) is 5.91 Å². The van der Waals surface area contributed by atoms with Crippen LogP contribution < -0.4 is 10.2 Å². The van der Waals surface area contributed by atoms with E-state index in [0.29, 0.717) is 12.3 Å². The fourth-order valence-corrected chi connectivity index (χ4v) is 2.71. The SMILES string of the molecule is CC(C)C(=O)N1CCC[C@H](Oc2ccccc2/C=C/C(=O)NO)C1. The van der Waals surface area contributed by atoms with Crippen molar-refractivity contribution in [2.45, 2.75) is 32.8 Å². The fraction of sp³-hybridized carbons (Fsp3) is 0.444. The molecule has 1 aliphatic rings. The van der Waals surface area contributed by atoms with Crippen LogP contribution in [0.25, 0.3) is 6.08 Å². The van der Waals surface area contributed by atoms with Crippen LogP contribution >= 0.6 is 0 Å². The first-order valence-electron chi connectivity index (χ1n) is 8.18. The van der Waals surface area contributed by atoms with Crippen LogP contribution in [-0.4, -0.2) is 41.1 Å². The lowest BCUT2D eigenvalue weighted by Gasteiger charge is -2.34. The second kappa shape index (κ2) is 8.49. The molecule has 0 aromatic heterocycles. The summed E-state index contributed by atoms with van der Waals surface area (Å²) < 4.78 is 6.07. The summed E-state index contributed by atoms with van der Waals surface area (Å²) >= 11 is 0. The highest BCUT2D eigenvalue weighted by atomic mass is 16.5. The van der Waals surface area contributed by atoms with E-state index in [4.69, 9.17) is 9.94 Å². The maximum absolute atomic E-state index is 12.2. The predicted molar refractivity (Wildman–Crippen MR) is 90.5 cm³/mol. The smallest absolute Gasteiger partial charge is 0.267 e. The zero-order chi connectivity index (χ0) is 17.5. The Hall–Kier alpha value is -2.34. The summed E-state index contributed by atoms with van der Waals surface area (Å²) in [4.78, 5) is 25.2. The molecule has 2 rings (SSSR count). The average Bonchev–Trinajstić information content (AvgIpc) is 2.60. The lowest BCUT2D eigenvalue weighted by atomic mass is 10.1. The number of ether oxygens (including phenoxy) is 1. The molecule has 0 spiro atoms. The van der Waals surface area contributed by atoms with Gasteiger partial charge in [-0.1, -0.05) is 32.0 Å². The van der Waals surface area contributed by atoms with Crippen LogP contribution in [0.1, 0.15) is 32.3 Å². The zero-order valence-electron chi connectivity index (χ0n) is 14.1. The molecule has 1 aromatic rings. The number of carbonyl (C=O) groups excluding carboxylic acids is 2. The summed E-state index contributed by atoms with van der Waals surface area (Å²) in [5, 5.41) is 8.55. The number of benzene rings is 1. The number of nitrogens with zero attached hydrogens (tertiary/aromatic N) is 1. The maximum atomic E-state index is 12.2. The highest BCUT2D eigenvalue weighted by Crippen LogP contribution is 2.24. The third-order valence-corrected chi connectivity index (χ3v) is 3.92. The van der Waals surface area contributed by atoms with Gasteiger partial charge in [0.25, 0.3) is 5.91 Å². The van der Waals surface area contributed by atoms with E-state index in [2.05, 4.69) is 0 Å². The summed E-state index contributed by atoms with van der Waals surface area (Å²) in [6, 6.07) is 7.37. The van der Waals surface area contributed by atoms with E-state index in [1.54, 1.807) is 11.6 Å². The Balaban J connectivity index is 2.06. The molecule has 2 amide bonds. The number of hydroxylamine groups is 1. The molecule has 1 fully saturated rings. The van der Waals surface area contributed by atoms with E-state index in [0.717, 1.165) is 24.9 Å². The van der Waals surface area contributed by atoms with E-state index in [-0.39, 0.29) is 17.9 Å². The van der Waals surface area contributed by atoms with Gasteiger partial charge in [0, 0.05) is 24.1 Å². The molecule has 1 heterocycles. The van der Waals surface area contributed by atoms with Crippen molar-refractivity contribution >= 4 is 17.9 Å². The van der Waals surface area contributed by atoms with Crippen molar-refractivity contribution in [2.24, 2.45) is 5.92 Å². The summed E-state index contributed by atoms with van der Waals surface area (Å²) in [5.74, 6) is 0.187. The lowest BCUT2D eigenvalue weighted by molar-refractivity contribution is -0.137. The Labute approximate surface area is 142 Å². The lowest BCUT2D eigenvalue weighted by Crippen LogP contribution is -2.45. The number of hydrogen-bond donors (Lipinski definition) is 2. The van der Waals surface area contributed by atoms with Crippen LogP contribution in [0.5, 0.6) is 5.75 Å². The number of para-hydroxylation sites is 1. The van der Waals surface area contributed by atoms with E-state index < -0.39 is 5.91 Å². The van der Waals surface area contributed by atoms with Gasteiger partial charge in [0.05, 0.1) is 6.54 Å². The highest BCUT2D eigenvalue weighted by molar-refractivity contribution is 5.91. The first-order valence-corrected chi connectivity index (χ1v) is 8.18. The number of rotatable bonds is 5. The van der Waals surface area contributed by atoms with Crippen molar-refractivity contribution < 1.29 is 19.5 Å². The Morgan fingerprint density at radius 3 is 2.83 bits per heavy atom. The van der Waals surface area contributed by atoms with Gasteiger partial charge < -0.3 is 9.64 Å². The molecule has 1 saturated heterocycles. The van der Waals surface area contributed by atoms with Crippen LogP contribution in [0.4, 0.5) is 0 Å². The molecule has 0 unspecified atom stereocenters. The van der Waals surface area contributed by atoms with Crippen LogP contribution in [0.3, 0.4) is 0 Å². The van der Waals surface area contributed by atoms with Crippen molar-refractivity contribution in [3.8, 4) is 5.75 Å². The summed E-state index contributed by atoms with van der Waals surface area (Å²) in [6.45, 7) is 5.15. The third kappa shape index (κ3) is 4.83. The first kappa shape index (κ1) is 18.0. The minimum absolute atomic E-state index is 0.0176. The van der Waals surface area contributed by atoms with Crippen molar-refractivity contribution in [3.05, 3.63) is 35.9 Å². The van der Waals surface area contributed by atoms with E-state index in [1.807, 2.05) is 43.0 Å². The van der Waals surface area contributed by atoms with Crippen LogP contribution in [-0.2, 0) is 9.59 Å². The van der Waals surface area contributed by atoms with Gasteiger partial charge in [-0.3, -0.25) is 14.8 Å². The second-order valence-electron chi connectivity index (χ2n) is 6.17. The topological polar surface area (TPSA) is 78.9 Å². The summed E-state index contributed by atoms with van der Waals surface area (Å²) in [5.41, 5.74) is 2.30. The molecular weight excluding hydrogens is 308 g/mol. The van der Waals surface area contributed by atoms with Gasteiger partial charge in [0.1, 0.15) is 11.9 Å². The Morgan fingerprint density at radius 2 is 2.12 bits per heavy atom. The van der Waals surface area contributed by atoms with Gasteiger partial charge in [-0.05, 0) is 25.0 Å². The molecule has 130 valence electrons. The number of nitrogens with one attached hydrogen (secondary N) is 1. The molecule has 0 saturated carbocycles. The minimum Gasteiger partial charge on any atom is -0.488 e. The molecule has 6 heteroatoms. The Morgan fingerprint density at radius 1 is 1.38 bits per heavy atom. The molecule has 0 bridgehead atoms. The molecule has 0 aliphatic carbocycles. The van der Waals surface area contributed by atoms with E-state index in [1.165, 1.54) is 6.08 Å². The molecule has 0 radical (unpaired) electrons. The average molecular weight is 332 g/mol. The molecule has 1 aromatic carbocycles. The van der Waals surface area contributed by atoms with Gasteiger partial charge in [-0.15, -0.1) is 0 Å². The van der Waals surface area contributed by atoms with Crippen molar-refractivity contribution in [3.63, 3.8) is 0 Å². The molecule has 1 atom stereocenters. The van der Waals surface area contributed by atoms with E-state index >= 15 is 0 Å². The first-order chi connectivity index (χ1) is 11.5. The standard InChI is InChI=1S/C18H24N2O4/c1-13(2)18(22)20-11-5-7-15(12-20)24-16-8-4-3-6-14(16)9-10-17(21)19-23/h3-4,6,8-10,13,15,23H,5,7,11-12H2,1-2H3,(H,19,21)/b10-9+/t15-/m0/s1. The summed E-state index contributed by atoms with van der Waals surface area (Å²) in [6.07, 6.45) is 4.55. The second-order valence-corrected chi connectivity index (χ2v) is 6.17. The van der Waals surface area contributed by atoms with Gasteiger partial charge in [-0.2, -0.15) is 0 Å². The summed E-state index contributed by atoms with van der Waals surface area (Å²) in [7, 11) is 0. The monoisotopic (exact) mass is 332 g/mol. The van der Waals surface area contributed by atoms with Crippen LogP contribution in [0, 0.1) is 5.92 Å². The number of hydrogen-bond acceptors (Lipinski definition) is 4. The largest absolute Gasteiger partial charge is 0.488 e. The maximum Gasteiger partial charge on any atom is 0.267 e. The zero-order valence-corrected chi connectivity index (χ0v) is 14.1. The third-order valence-electron chi connectivity index (χ3n) is 3.92. The molecule has 24 heavy (non-hydrogen) atoms. The number of amides is 2. The fourth-order valence-electron chi connectivity index (χ4n) is 2.71. The highest BCUT2D eigenvalue weighted by Gasteiger charge is 2.26. The number of piperidine rings is 1. The van der Waals surface area contributed by atoms with Crippen molar-refractivity contribution in [1.29, 1.82) is 0 Å². The Bertz CT molecular complexity index is 613. The van der Waals surface area contributed by atoms with Crippen molar-refractivity contribution in [1.82, 2.24) is 10.4 Å². The molecule has 6 nitrogen and oxygen atoms in total. The number of likely N-dealkylation sites (tertiary alicyclic amines) is 1. The number of carbonyl (C=O) groups is 2. The van der Waals surface area contributed by atoms with Gasteiger partial charge >= 0.3 is 0 Å². The van der Waals surface area contributed by atoms with Gasteiger partial charge in [-0.25, -0.2) is 5.48 Å². The van der Waals surface area contributed by atoms with Crippen LogP contribution in [0.15, 0.2) is 30.3 Å². The quantitative estimate of drug-likeness (QED) is 0.492. The Kier molecular flexibility index (Phi) is 6.37. The van der Waals surface area contributed by atoms with Gasteiger partial charge in [0.15, 0.2) is 0 Å². The van der Waals surface area contributed by atoms with E-state index in [9.17, 15) is 9.59 Å². The molecule has 2 N–H and O–H groups in total. The predicted octanol–water partition coefficient (Wildman–Crippen LogP) is 2.23. The molecular formula is C18H24N2O4.